The first-order chi connectivity index (χ1) is 4.72. The Balaban J connectivity index is 3.06. The van der Waals surface area contributed by atoms with Crippen LogP contribution in [-0.2, 0) is 6.42 Å². The van der Waals surface area contributed by atoms with E-state index in [-0.39, 0.29) is 0 Å². The number of hydrogen-bond donors (Lipinski definition) is 0. The average molecular weight is 220 g/mol. The van der Waals surface area contributed by atoms with Crippen molar-refractivity contribution < 1.29 is 0 Å². The molecule has 1 aromatic heterocycles. The minimum Gasteiger partial charge on any atom is -0.241 e. The fourth-order valence-corrected chi connectivity index (χ4v) is 1.54. The molecule has 1 aromatic rings. The normalized spacial score (nSPS) is 9.90. The SMILES string of the molecule is CCc1cc(Br)cc(Cl)n1. The van der Waals surface area contributed by atoms with Gasteiger partial charge in [-0.1, -0.05) is 34.5 Å². The summed E-state index contributed by atoms with van der Waals surface area (Å²) in [6, 6.07) is 3.74. The van der Waals surface area contributed by atoms with Gasteiger partial charge < -0.3 is 0 Å². The maximum absolute atomic E-state index is 5.69. The number of pyridine rings is 1. The molecule has 0 aromatic carbocycles. The van der Waals surface area contributed by atoms with E-state index in [1.807, 2.05) is 13.0 Å². The number of hydrogen-bond acceptors (Lipinski definition) is 1. The van der Waals surface area contributed by atoms with E-state index in [9.17, 15) is 0 Å². The molecule has 0 fully saturated rings. The molecule has 1 nitrogen and oxygen atoms in total. The van der Waals surface area contributed by atoms with Crippen LogP contribution in [0.1, 0.15) is 12.6 Å². The Hall–Kier alpha value is -0.0800. The first-order valence-electron chi connectivity index (χ1n) is 3.04. The van der Waals surface area contributed by atoms with Crippen molar-refractivity contribution in [1.29, 1.82) is 0 Å². The molecular weight excluding hydrogens is 213 g/mol. The van der Waals surface area contributed by atoms with E-state index in [2.05, 4.69) is 20.9 Å². The molecule has 0 aliphatic heterocycles. The standard InChI is InChI=1S/C7H7BrClN/c1-2-6-3-5(8)4-7(9)10-6/h3-4H,2H2,1H3. The van der Waals surface area contributed by atoms with Gasteiger partial charge in [-0.15, -0.1) is 0 Å². The number of halogens is 2. The highest BCUT2D eigenvalue weighted by molar-refractivity contribution is 9.10. The molecule has 1 heterocycles. The van der Waals surface area contributed by atoms with Gasteiger partial charge in [0.05, 0.1) is 0 Å². The largest absolute Gasteiger partial charge is 0.241 e. The highest BCUT2D eigenvalue weighted by atomic mass is 79.9. The molecule has 10 heavy (non-hydrogen) atoms. The van der Waals surface area contributed by atoms with Gasteiger partial charge in [-0.05, 0) is 18.6 Å². The van der Waals surface area contributed by atoms with Crippen molar-refractivity contribution in [3.8, 4) is 0 Å². The number of nitrogens with zero attached hydrogens (tertiary/aromatic N) is 1. The van der Waals surface area contributed by atoms with Crippen molar-refractivity contribution in [2.24, 2.45) is 0 Å². The predicted molar refractivity (Wildman–Crippen MR) is 46.3 cm³/mol. The molecule has 0 N–H and O–H groups in total. The second-order valence-corrected chi connectivity index (χ2v) is 3.26. The molecule has 54 valence electrons. The summed E-state index contributed by atoms with van der Waals surface area (Å²) >= 11 is 9.02. The molecule has 0 radical (unpaired) electrons. The Morgan fingerprint density at radius 1 is 1.60 bits per heavy atom. The summed E-state index contributed by atoms with van der Waals surface area (Å²) in [5.74, 6) is 0. The van der Waals surface area contributed by atoms with Crippen LogP contribution in [0.25, 0.3) is 0 Å². The molecule has 0 unspecified atom stereocenters. The molecule has 3 heteroatoms. The first-order valence-corrected chi connectivity index (χ1v) is 4.21. The minimum atomic E-state index is 0.547. The van der Waals surface area contributed by atoms with Gasteiger partial charge in [0.2, 0.25) is 0 Å². The lowest BCUT2D eigenvalue weighted by atomic mass is 10.3. The first kappa shape index (κ1) is 8.02. The Kier molecular flexibility index (Phi) is 2.69. The molecule has 0 spiro atoms. The second-order valence-electron chi connectivity index (χ2n) is 1.95. The van der Waals surface area contributed by atoms with E-state index >= 15 is 0 Å². The third-order valence-corrected chi connectivity index (χ3v) is 1.83. The summed E-state index contributed by atoms with van der Waals surface area (Å²) in [6.07, 6.45) is 0.916. The molecule has 0 saturated carbocycles. The summed E-state index contributed by atoms with van der Waals surface area (Å²) < 4.78 is 0.990. The second kappa shape index (κ2) is 3.35. The predicted octanol–water partition coefficient (Wildman–Crippen LogP) is 3.06. The van der Waals surface area contributed by atoms with Gasteiger partial charge in [0.1, 0.15) is 5.15 Å². The number of aromatic nitrogens is 1. The zero-order valence-electron chi connectivity index (χ0n) is 5.56. The minimum absolute atomic E-state index is 0.547. The monoisotopic (exact) mass is 219 g/mol. The fourth-order valence-electron chi connectivity index (χ4n) is 0.697. The summed E-state index contributed by atoms with van der Waals surface area (Å²) in [6.45, 7) is 2.05. The molecule has 0 aliphatic rings. The number of aryl methyl sites for hydroxylation is 1. The van der Waals surface area contributed by atoms with E-state index in [1.54, 1.807) is 6.07 Å². The maximum atomic E-state index is 5.69. The van der Waals surface area contributed by atoms with Crippen molar-refractivity contribution in [3.63, 3.8) is 0 Å². The highest BCUT2D eigenvalue weighted by Gasteiger charge is 1.95. The van der Waals surface area contributed by atoms with Crippen LogP contribution in [0.5, 0.6) is 0 Å². The van der Waals surface area contributed by atoms with E-state index in [1.165, 1.54) is 0 Å². The topological polar surface area (TPSA) is 12.9 Å². The number of rotatable bonds is 1. The summed E-state index contributed by atoms with van der Waals surface area (Å²) in [4.78, 5) is 4.09. The summed E-state index contributed by atoms with van der Waals surface area (Å²) in [7, 11) is 0. The van der Waals surface area contributed by atoms with Crippen molar-refractivity contribution in [3.05, 3.63) is 27.5 Å². The van der Waals surface area contributed by atoms with Gasteiger partial charge in [0.15, 0.2) is 0 Å². The third-order valence-electron chi connectivity index (χ3n) is 1.17. The van der Waals surface area contributed by atoms with Crippen LogP contribution < -0.4 is 0 Å². The van der Waals surface area contributed by atoms with Crippen LogP contribution >= 0.6 is 27.5 Å². The Morgan fingerprint density at radius 2 is 2.30 bits per heavy atom. The maximum Gasteiger partial charge on any atom is 0.130 e. The molecule has 0 aliphatic carbocycles. The molecule has 0 atom stereocenters. The molecule has 0 amide bonds. The van der Waals surface area contributed by atoms with Crippen LogP contribution in [-0.4, -0.2) is 4.98 Å². The average Bonchev–Trinajstić information content (AvgIpc) is 1.85. The van der Waals surface area contributed by atoms with Gasteiger partial charge in [0, 0.05) is 10.2 Å². The molecule has 0 bridgehead atoms. The van der Waals surface area contributed by atoms with Gasteiger partial charge >= 0.3 is 0 Å². The zero-order valence-corrected chi connectivity index (χ0v) is 7.91. The lowest BCUT2D eigenvalue weighted by Gasteiger charge is -1.96. The van der Waals surface area contributed by atoms with E-state index < -0.39 is 0 Å². The van der Waals surface area contributed by atoms with Crippen LogP contribution in [0.4, 0.5) is 0 Å². The Bertz CT molecular complexity index is 217. The van der Waals surface area contributed by atoms with Crippen LogP contribution in [0.15, 0.2) is 16.6 Å². The molecule has 0 saturated heterocycles. The van der Waals surface area contributed by atoms with Crippen molar-refractivity contribution in [2.45, 2.75) is 13.3 Å². The van der Waals surface area contributed by atoms with Gasteiger partial charge in [-0.3, -0.25) is 0 Å². The molecule has 1 rings (SSSR count). The Morgan fingerprint density at radius 3 is 2.80 bits per heavy atom. The van der Waals surface area contributed by atoms with Gasteiger partial charge in [-0.25, -0.2) is 4.98 Å². The van der Waals surface area contributed by atoms with Crippen molar-refractivity contribution in [1.82, 2.24) is 4.98 Å². The fraction of sp³-hybridized carbons (Fsp3) is 0.286. The lowest BCUT2D eigenvalue weighted by Crippen LogP contribution is -1.85. The highest BCUT2D eigenvalue weighted by Crippen LogP contribution is 2.15. The van der Waals surface area contributed by atoms with E-state index in [0.717, 1.165) is 16.6 Å². The van der Waals surface area contributed by atoms with Crippen molar-refractivity contribution >= 4 is 27.5 Å². The lowest BCUT2D eigenvalue weighted by molar-refractivity contribution is 1.03. The van der Waals surface area contributed by atoms with Gasteiger partial charge in [-0.2, -0.15) is 0 Å². The van der Waals surface area contributed by atoms with E-state index in [0.29, 0.717) is 5.15 Å². The van der Waals surface area contributed by atoms with Crippen LogP contribution in [0.3, 0.4) is 0 Å². The Labute approximate surface area is 73.6 Å². The molecular formula is C7H7BrClN. The zero-order chi connectivity index (χ0) is 7.56. The van der Waals surface area contributed by atoms with Gasteiger partial charge in [0.25, 0.3) is 0 Å². The summed E-state index contributed by atoms with van der Waals surface area (Å²) in [5, 5.41) is 0.547. The third kappa shape index (κ3) is 1.96. The van der Waals surface area contributed by atoms with Crippen LogP contribution in [0, 0.1) is 0 Å². The smallest absolute Gasteiger partial charge is 0.130 e. The summed E-state index contributed by atoms with van der Waals surface area (Å²) in [5.41, 5.74) is 1.01. The quantitative estimate of drug-likeness (QED) is 0.663. The van der Waals surface area contributed by atoms with Crippen LogP contribution in [0.2, 0.25) is 5.15 Å². The van der Waals surface area contributed by atoms with E-state index in [4.69, 9.17) is 11.6 Å². The van der Waals surface area contributed by atoms with Crippen molar-refractivity contribution in [2.75, 3.05) is 0 Å².